The van der Waals surface area contributed by atoms with E-state index >= 15 is 0 Å². The van der Waals surface area contributed by atoms with E-state index in [1.165, 1.54) is 6.08 Å². The van der Waals surface area contributed by atoms with Gasteiger partial charge in [-0.3, -0.25) is 19.7 Å². The number of carbonyl (C=O) groups is 4. The summed E-state index contributed by atoms with van der Waals surface area (Å²) in [5.74, 6) is -0.838. The molecule has 37 heavy (non-hydrogen) atoms. The van der Waals surface area contributed by atoms with Crippen molar-refractivity contribution >= 4 is 73.1 Å². The van der Waals surface area contributed by atoms with Gasteiger partial charge in [-0.15, -0.1) is 0 Å². The van der Waals surface area contributed by atoms with E-state index in [9.17, 15) is 19.2 Å². The van der Waals surface area contributed by atoms with Crippen molar-refractivity contribution in [2.45, 2.75) is 0 Å². The predicted molar refractivity (Wildman–Crippen MR) is 144 cm³/mol. The lowest BCUT2D eigenvalue weighted by atomic mass is 10.1. The minimum absolute atomic E-state index is 0.207. The van der Waals surface area contributed by atoms with E-state index in [1.54, 1.807) is 73.8 Å². The molecule has 1 saturated heterocycles. The van der Waals surface area contributed by atoms with E-state index in [2.05, 4.69) is 42.5 Å². The fourth-order valence-electron chi connectivity index (χ4n) is 3.39. The molecule has 3 aromatic carbocycles. The highest BCUT2D eigenvalue weighted by molar-refractivity contribution is 9.10. The Bertz CT molecular complexity index is 1400. The van der Waals surface area contributed by atoms with Crippen molar-refractivity contribution in [3.05, 3.63) is 86.8 Å². The molecule has 0 saturated carbocycles. The number of urea groups is 1. The topological polar surface area (TPSA) is 114 Å². The van der Waals surface area contributed by atoms with Crippen LogP contribution in [0.1, 0.15) is 5.56 Å². The van der Waals surface area contributed by atoms with Gasteiger partial charge in [-0.25, -0.2) is 9.69 Å². The number of amides is 5. The Hall–Kier alpha value is -3.96. The number of methoxy groups -OCH3 is 1. The molecule has 4 rings (SSSR count). The Morgan fingerprint density at radius 2 is 1.70 bits per heavy atom. The molecule has 0 unspecified atom stereocenters. The largest absolute Gasteiger partial charge is 0.497 e. The van der Waals surface area contributed by atoms with Gasteiger partial charge in [0.2, 0.25) is 0 Å². The summed E-state index contributed by atoms with van der Waals surface area (Å²) in [4.78, 5) is 50.9. The molecule has 1 aliphatic heterocycles. The maximum Gasteiger partial charge on any atom is 0.335 e. The zero-order valence-corrected chi connectivity index (χ0v) is 22.5. The standard InChI is InChI=1S/C26H19Br2N3O6/c1-36-19-9-5-17(6-10-19)29-23(32)14-37-22-11-2-15(13-21(22)28)12-20-24(33)30-26(35)31(25(20)34)18-7-3-16(27)4-8-18/h2-13H,14H2,1H3,(H,29,32)(H,30,33,35)/b20-12+. The van der Waals surface area contributed by atoms with E-state index < -0.39 is 17.8 Å². The summed E-state index contributed by atoms with van der Waals surface area (Å²) in [5.41, 5.74) is 1.22. The summed E-state index contributed by atoms with van der Waals surface area (Å²) in [6.45, 7) is -0.240. The quantitative estimate of drug-likeness (QED) is 0.284. The van der Waals surface area contributed by atoms with Crippen molar-refractivity contribution in [3.63, 3.8) is 0 Å². The Balaban J connectivity index is 1.45. The van der Waals surface area contributed by atoms with E-state index in [0.29, 0.717) is 32.9 Å². The van der Waals surface area contributed by atoms with Crippen molar-refractivity contribution in [1.29, 1.82) is 0 Å². The van der Waals surface area contributed by atoms with Gasteiger partial charge < -0.3 is 14.8 Å². The number of hydrogen-bond acceptors (Lipinski definition) is 6. The molecule has 0 atom stereocenters. The molecule has 11 heteroatoms. The first-order valence-electron chi connectivity index (χ1n) is 10.8. The summed E-state index contributed by atoms with van der Waals surface area (Å²) in [6.07, 6.45) is 1.38. The summed E-state index contributed by atoms with van der Waals surface area (Å²) in [7, 11) is 1.56. The van der Waals surface area contributed by atoms with Crippen LogP contribution >= 0.6 is 31.9 Å². The zero-order chi connectivity index (χ0) is 26.5. The molecule has 0 radical (unpaired) electrons. The fourth-order valence-corrected chi connectivity index (χ4v) is 4.16. The van der Waals surface area contributed by atoms with Crippen molar-refractivity contribution in [3.8, 4) is 11.5 Å². The van der Waals surface area contributed by atoms with E-state index in [4.69, 9.17) is 9.47 Å². The third-order valence-corrected chi connectivity index (χ3v) is 6.33. The highest BCUT2D eigenvalue weighted by Crippen LogP contribution is 2.28. The van der Waals surface area contributed by atoms with Gasteiger partial charge in [0.15, 0.2) is 6.61 Å². The summed E-state index contributed by atoms with van der Waals surface area (Å²) in [5, 5.41) is 4.91. The van der Waals surface area contributed by atoms with Gasteiger partial charge in [0.1, 0.15) is 17.1 Å². The van der Waals surface area contributed by atoms with Crippen molar-refractivity contribution < 1.29 is 28.7 Å². The minimum atomic E-state index is -0.827. The molecule has 0 aliphatic carbocycles. The third-order valence-electron chi connectivity index (χ3n) is 5.19. The molecule has 9 nitrogen and oxygen atoms in total. The van der Waals surface area contributed by atoms with Gasteiger partial charge in [0.25, 0.3) is 17.7 Å². The number of rotatable bonds is 7. The number of carbonyl (C=O) groups excluding carboxylic acids is 4. The number of nitrogens with zero attached hydrogens (tertiary/aromatic N) is 1. The van der Waals surface area contributed by atoms with Crippen LogP contribution < -0.4 is 25.0 Å². The number of hydrogen-bond donors (Lipinski definition) is 2. The molecule has 0 spiro atoms. The SMILES string of the molecule is COc1ccc(NC(=O)COc2ccc(/C=C3\C(=O)NC(=O)N(c4ccc(Br)cc4)C3=O)cc2Br)cc1. The van der Waals surface area contributed by atoms with Gasteiger partial charge in [0, 0.05) is 10.2 Å². The number of barbiturate groups is 1. The maximum atomic E-state index is 13.0. The Labute approximate surface area is 228 Å². The fraction of sp³-hybridized carbons (Fsp3) is 0.0769. The second-order valence-electron chi connectivity index (χ2n) is 7.69. The molecule has 5 amide bonds. The van der Waals surface area contributed by atoms with Gasteiger partial charge in [-0.2, -0.15) is 0 Å². The van der Waals surface area contributed by atoms with Crippen LogP contribution in [0.15, 0.2) is 81.2 Å². The monoisotopic (exact) mass is 627 g/mol. The number of benzene rings is 3. The molecule has 0 bridgehead atoms. The third kappa shape index (κ3) is 6.25. The highest BCUT2D eigenvalue weighted by atomic mass is 79.9. The van der Waals surface area contributed by atoms with Crippen molar-refractivity contribution in [1.82, 2.24) is 5.32 Å². The lowest BCUT2D eigenvalue weighted by molar-refractivity contribution is -0.122. The van der Waals surface area contributed by atoms with Gasteiger partial charge in [-0.05, 0) is 88.2 Å². The van der Waals surface area contributed by atoms with Crippen molar-refractivity contribution in [2.75, 3.05) is 23.9 Å². The number of ether oxygens (including phenoxy) is 2. The van der Waals surface area contributed by atoms with Crippen molar-refractivity contribution in [2.24, 2.45) is 0 Å². The molecule has 2 N–H and O–H groups in total. The van der Waals surface area contributed by atoms with Crippen LogP contribution in [0.4, 0.5) is 16.2 Å². The van der Waals surface area contributed by atoms with E-state index in [0.717, 1.165) is 9.37 Å². The molecule has 188 valence electrons. The molecule has 1 heterocycles. The Morgan fingerprint density at radius 3 is 2.35 bits per heavy atom. The zero-order valence-electron chi connectivity index (χ0n) is 19.3. The molecule has 0 aromatic heterocycles. The Kier molecular flexibility index (Phi) is 8.04. The number of imide groups is 2. The average molecular weight is 629 g/mol. The number of halogens is 2. The molecular weight excluding hydrogens is 610 g/mol. The number of anilines is 2. The van der Waals surface area contributed by atoms with Crippen LogP contribution in [0.5, 0.6) is 11.5 Å². The highest BCUT2D eigenvalue weighted by Gasteiger charge is 2.36. The first-order valence-corrected chi connectivity index (χ1v) is 12.4. The van der Waals surface area contributed by atoms with Gasteiger partial charge in [0.05, 0.1) is 17.3 Å². The molecule has 3 aromatic rings. The van der Waals surface area contributed by atoms with Gasteiger partial charge >= 0.3 is 6.03 Å². The summed E-state index contributed by atoms with van der Waals surface area (Å²) >= 11 is 6.69. The van der Waals surface area contributed by atoms with Crippen LogP contribution in [0.3, 0.4) is 0 Å². The van der Waals surface area contributed by atoms with Crippen LogP contribution in [0, 0.1) is 0 Å². The average Bonchev–Trinajstić information content (AvgIpc) is 2.87. The smallest absolute Gasteiger partial charge is 0.335 e. The maximum absolute atomic E-state index is 13.0. The van der Waals surface area contributed by atoms with Crippen LogP contribution in [0.2, 0.25) is 0 Å². The van der Waals surface area contributed by atoms with Crippen LogP contribution in [-0.4, -0.2) is 37.5 Å². The van der Waals surface area contributed by atoms with E-state index in [-0.39, 0.29) is 18.1 Å². The summed E-state index contributed by atoms with van der Waals surface area (Å²) < 4.78 is 12.0. The second-order valence-corrected chi connectivity index (χ2v) is 9.46. The normalized spacial score (nSPS) is 14.4. The first kappa shape index (κ1) is 26.1. The molecule has 1 aliphatic rings. The van der Waals surface area contributed by atoms with Crippen LogP contribution in [0.25, 0.3) is 6.08 Å². The lowest BCUT2D eigenvalue weighted by Crippen LogP contribution is -2.54. The Morgan fingerprint density at radius 1 is 1.00 bits per heavy atom. The molecule has 1 fully saturated rings. The first-order chi connectivity index (χ1) is 17.7. The minimum Gasteiger partial charge on any atom is -0.497 e. The van der Waals surface area contributed by atoms with Crippen LogP contribution in [-0.2, 0) is 14.4 Å². The number of nitrogens with one attached hydrogen (secondary N) is 2. The summed E-state index contributed by atoms with van der Waals surface area (Å²) in [6, 6.07) is 17.4. The lowest BCUT2D eigenvalue weighted by Gasteiger charge is -2.26. The second kappa shape index (κ2) is 11.4. The van der Waals surface area contributed by atoms with Gasteiger partial charge in [-0.1, -0.05) is 22.0 Å². The molecular formula is C26H19Br2N3O6. The predicted octanol–water partition coefficient (Wildman–Crippen LogP) is 4.90. The van der Waals surface area contributed by atoms with E-state index in [1.807, 2.05) is 0 Å².